The minimum absolute atomic E-state index is 0.0197. The molecular weight excluding hydrogens is 500 g/mol. The molecule has 2 aromatic carbocycles. The molecule has 2 aliphatic heterocycles. The van der Waals surface area contributed by atoms with Crippen LogP contribution < -0.4 is 14.2 Å². The number of hydrogen-bond donors (Lipinski definition) is 1. The van der Waals surface area contributed by atoms with Crippen molar-refractivity contribution in [1.29, 1.82) is 5.41 Å². The predicted molar refractivity (Wildman–Crippen MR) is 154 cm³/mol. The van der Waals surface area contributed by atoms with Crippen LogP contribution in [0.1, 0.15) is 64.0 Å². The minimum Gasteiger partial charge on any atom is -0.490 e. The van der Waals surface area contributed by atoms with Crippen LogP contribution in [0.3, 0.4) is 0 Å². The highest BCUT2D eigenvalue weighted by atomic mass is 32.2. The summed E-state index contributed by atoms with van der Waals surface area (Å²) in [5.41, 5.74) is 2.19. The van der Waals surface area contributed by atoms with Crippen LogP contribution in [0.15, 0.2) is 58.1 Å². The van der Waals surface area contributed by atoms with Crippen molar-refractivity contribution >= 4 is 39.8 Å². The molecule has 0 saturated carbocycles. The maximum atomic E-state index is 12.7. The number of ether oxygens (including phenoxy) is 3. The number of nitrogens with zero attached hydrogens (tertiary/aromatic N) is 3. The van der Waals surface area contributed by atoms with E-state index >= 15 is 0 Å². The average molecular weight is 535 g/mol. The Morgan fingerprint density at radius 3 is 2.50 bits per heavy atom. The fraction of sp³-hybridized carbons (Fsp3) is 0.379. The molecule has 0 radical (unpaired) electrons. The molecule has 2 aromatic rings. The van der Waals surface area contributed by atoms with Crippen LogP contribution >= 0.6 is 11.8 Å². The summed E-state index contributed by atoms with van der Waals surface area (Å²) in [7, 11) is 0. The first kappa shape index (κ1) is 27.4. The second-order valence-electron chi connectivity index (χ2n) is 8.98. The zero-order valence-corrected chi connectivity index (χ0v) is 23.1. The molecule has 200 valence electrons. The van der Waals surface area contributed by atoms with Crippen molar-refractivity contribution in [2.75, 3.05) is 19.8 Å². The van der Waals surface area contributed by atoms with Crippen LogP contribution in [-0.2, 0) is 4.79 Å². The molecule has 9 heteroatoms. The second kappa shape index (κ2) is 12.8. The molecule has 0 bridgehead atoms. The lowest BCUT2D eigenvalue weighted by Crippen LogP contribution is -2.35. The summed E-state index contributed by atoms with van der Waals surface area (Å²) in [6, 6.07) is 13.6. The SMILES string of the molecule is CCCC1=NN2C(=N)/C(=C/c3ccc(OCCOc4ccc([C@H](C)CC)cc4)c(OCC)c3)C(=O)N=C2S1. The number of aliphatic imine (C=N–C) groups is 1. The third kappa shape index (κ3) is 6.45. The lowest BCUT2D eigenvalue weighted by atomic mass is 9.99. The lowest BCUT2D eigenvalue weighted by molar-refractivity contribution is -0.114. The normalized spacial score (nSPS) is 16.7. The van der Waals surface area contributed by atoms with Gasteiger partial charge in [-0.1, -0.05) is 39.0 Å². The van der Waals surface area contributed by atoms with Gasteiger partial charge in [0.1, 0.15) is 24.0 Å². The Morgan fingerprint density at radius 2 is 1.79 bits per heavy atom. The highest BCUT2D eigenvalue weighted by Crippen LogP contribution is 2.32. The first-order chi connectivity index (χ1) is 18.4. The van der Waals surface area contributed by atoms with Crippen molar-refractivity contribution in [2.45, 2.75) is 52.9 Å². The number of hydrogen-bond acceptors (Lipinski definition) is 7. The van der Waals surface area contributed by atoms with Gasteiger partial charge in [0.25, 0.3) is 5.91 Å². The molecule has 0 aliphatic carbocycles. The maximum Gasteiger partial charge on any atom is 0.283 e. The van der Waals surface area contributed by atoms with Gasteiger partial charge in [-0.3, -0.25) is 10.2 Å². The van der Waals surface area contributed by atoms with Gasteiger partial charge in [0.2, 0.25) is 5.17 Å². The van der Waals surface area contributed by atoms with Gasteiger partial charge < -0.3 is 14.2 Å². The summed E-state index contributed by atoms with van der Waals surface area (Å²) in [6.07, 6.45) is 4.46. The summed E-state index contributed by atoms with van der Waals surface area (Å²) >= 11 is 1.35. The quantitative estimate of drug-likeness (QED) is 0.247. The monoisotopic (exact) mass is 534 g/mol. The van der Waals surface area contributed by atoms with E-state index in [1.54, 1.807) is 18.2 Å². The smallest absolute Gasteiger partial charge is 0.283 e. The highest BCUT2D eigenvalue weighted by molar-refractivity contribution is 8.26. The topological polar surface area (TPSA) is 96.6 Å². The molecule has 0 unspecified atom stereocenters. The van der Waals surface area contributed by atoms with Crippen LogP contribution in [0.4, 0.5) is 0 Å². The number of carbonyl (C=O) groups excluding carboxylic acids is 1. The van der Waals surface area contributed by atoms with Crippen LogP contribution in [0, 0.1) is 5.41 Å². The van der Waals surface area contributed by atoms with E-state index in [4.69, 9.17) is 19.6 Å². The van der Waals surface area contributed by atoms with Crippen molar-refractivity contribution in [1.82, 2.24) is 5.01 Å². The Labute approximate surface area is 228 Å². The largest absolute Gasteiger partial charge is 0.490 e. The van der Waals surface area contributed by atoms with E-state index in [0.29, 0.717) is 48.0 Å². The van der Waals surface area contributed by atoms with E-state index in [1.165, 1.54) is 22.3 Å². The van der Waals surface area contributed by atoms with Crippen molar-refractivity contribution in [3.63, 3.8) is 0 Å². The van der Waals surface area contributed by atoms with Gasteiger partial charge in [-0.15, -0.1) is 0 Å². The third-order valence-electron chi connectivity index (χ3n) is 6.21. The van der Waals surface area contributed by atoms with Gasteiger partial charge in [0.05, 0.1) is 12.2 Å². The fourth-order valence-electron chi connectivity index (χ4n) is 3.95. The number of carbonyl (C=O) groups is 1. The van der Waals surface area contributed by atoms with E-state index in [9.17, 15) is 4.79 Å². The number of amidine groups is 2. The zero-order valence-electron chi connectivity index (χ0n) is 22.3. The van der Waals surface area contributed by atoms with Crippen LogP contribution in [0.5, 0.6) is 17.2 Å². The number of rotatable bonds is 12. The molecule has 2 heterocycles. The number of nitrogens with one attached hydrogen (secondary N) is 1. The fourth-order valence-corrected chi connectivity index (χ4v) is 4.94. The summed E-state index contributed by atoms with van der Waals surface area (Å²) < 4.78 is 17.6. The van der Waals surface area contributed by atoms with Crippen LogP contribution in [0.25, 0.3) is 6.08 Å². The average Bonchev–Trinajstić information content (AvgIpc) is 3.32. The minimum atomic E-state index is -0.450. The maximum absolute atomic E-state index is 12.7. The molecule has 0 spiro atoms. The van der Waals surface area contributed by atoms with E-state index in [0.717, 1.165) is 30.1 Å². The Kier molecular flexibility index (Phi) is 9.23. The summed E-state index contributed by atoms with van der Waals surface area (Å²) in [5.74, 6) is 2.04. The molecule has 38 heavy (non-hydrogen) atoms. The first-order valence-electron chi connectivity index (χ1n) is 13.0. The molecule has 1 atom stereocenters. The van der Waals surface area contributed by atoms with Crippen LogP contribution in [0.2, 0.25) is 0 Å². The molecule has 2 aliphatic rings. The Morgan fingerprint density at radius 1 is 1.03 bits per heavy atom. The van der Waals surface area contributed by atoms with Crippen LogP contribution in [-0.4, -0.2) is 46.8 Å². The molecule has 0 aromatic heterocycles. The Bertz CT molecular complexity index is 1270. The predicted octanol–water partition coefficient (Wildman–Crippen LogP) is 6.48. The van der Waals surface area contributed by atoms with Gasteiger partial charge in [0.15, 0.2) is 17.3 Å². The lowest BCUT2D eigenvalue weighted by Gasteiger charge is -2.20. The first-order valence-corrected chi connectivity index (χ1v) is 13.9. The number of fused-ring (bicyclic) bond motifs is 1. The van der Waals surface area contributed by atoms with Gasteiger partial charge in [-0.05, 0) is 85.3 Å². The highest BCUT2D eigenvalue weighted by Gasteiger charge is 2.35. The van der Waals surface area contributed by atoms with E-state index < -0.39 is 5.91 Å². The Balaban J connectivity index is 1.41. The second-order valence-corrected chi connectivity index (χ2v) is 10.0. The molecule has 4 rings (SSSR count). The number of benzene rings is 2. The van der Waals surface area contributed by atoms with Gasteiger partial charge in [-0.2, -0.15) is 15.1 Å². The van der Waals surface area contributed by atoms with Crippen molar-refractivity contribution in [2.24, 2.45) is 10.1 Å². The van der Waals surface area contributed by atoms with Gasteiger partial charge in [-0.25, -0.2) is 0 Å². The standard InChI is InChI=1S/C29H34N4O4S/c1-5-8-26-32-33-27(30)23(28(34)31-29(33)38-26)17-20-9-14-24(25(18-20)35-7-3)37-16-15-36-22-12-10-21(11-13-22)19(4)6-2/h9-14,17-19,30H,5-8,15-16H2,1-4H3/b23-17-,30-27?/t19-/m1/s1. The van der Waals surface area contributed by atoms with Gasteiger partial charge >= 0.3 is 0 Å². The van der Waals surface area contributed by atoms with Gasteiger partial charge in [0, 0.05) is 0 Å². The molecule has 8 nitrogen and oxygen atoms in total. The zero-order chi connectivity index (χ0) is 27.1. The van der Waals surface area contributed by atoms with E-state index in [2.05, 4.69) is 43.0 Å². The summed E-state index contributed by atoms with van der Waals surface area (Å²) in [6.45, 7) is 9.55. The van der Waals surface area contributed by atoms with Crippen molar-refractivity contribution in [3.05, 3.63) is 59.2 Å². The number of hydrazone groups is 1. The summed E-state index contributed by atoms with van der Waals surface area (Å²) in [5, 5.41) is 15.7. The molecule has 0 saturated heterocycles. The third-order valence-corrected chi connectivity index (χ3v) is 7.18. The number of thioether (sulfide) groups is 1. The molecule has 1 N–H and O–H groups in total. The summed E-state index contributed by atoms with van der Waals surface area (Å²) in [4.78, 5) is 16.8. The van der Waals surface area contributed by atoms with E-state index in [-0.39, 0.29) is 11.4 Å². The Hall–Kier alpha value is -3.59. The van der Waals surface area contributed by atoms with Crippen molar-refractivity contribution in [3.8, 4) is 17.2 Å². The molecule has 0 fully saturated rings. The molecular formula is C29H34N4O4S. The molecule has 1 amide bonds. The van der Waals surface area contributed by atoms with Crippen molar-refractivity contribution < 1.29 is 19.0 Å². The number of amides is 1. The van der Waals surface area contributed by atoms with E-state index in [1.807, 2.05) is 25.1 Å².